The number of nitrogens with zero attached hydrogens (tertiary/aromatic N) is 1. The Hall–Kier alpha value is -1.20. The molecule has 0 bridgehead atoms. The van der Waals surface area contributed by atoms with Gasteiger partial charge in [-0.2, -0.15) is 11.8 Å². The van der Waals surface area contributed by atoms with Gasteiger partial charge in [-0.1, -0.05) is 29.8 Å². The molecule has 1 unspecified atom stereocenters. The average Bonchev–Trinajstić information content (AvgIpc) is 2.64. The van der Waals surface area contributed by atoms with Crippen LogP contribution in [0.25, 0.3) is 0 Å². The molecule has 0 radical (unpaired) electrons. The van der Waals surface area contributed by atoms with Crippen molar-refractivity contribution in [2.45, 2.75) is 38.6 Å². The maximum atomic E-state index is 12.2. The molecule has 0 aromatic heterocycles. The van der Waals surface area contributed by atoms with Crippen molar-refractivity contribution >= 4 is 35.2 Å². The van der Waals surface area contributed by atoms with Gasteiger partial charge in [-0.05, 0) is 43.1 Å². The third kappa shape index (κ3) is 6.90. The standard InChI is InChI=1S/C19H27ClN2O2S/c1-25-12-10-19(24)22-11-4-5-15(14-22)8-9-18(23)21-13-16-6-2-3-7-17(16)20/h2-3,6-7,15H,4-5,8-14H2,1H3,(H,21,23). The minimum atomic E-state index is 0.0470. The van der Waals surface area contributed by atoms with Crippen molar-refractivity contribution in [3.05, 3.63) is 34.9 Å². The van der Waals surface area contributed by atoms with E-state index in [1.807, 2.05) is 35.4 Å². The molecule has 1 N–H and O–H groups in total. The second-order valence-corrected chi connectivity index (χ2v) is 7.89. The first-order valence-corrected chi connectivity index (χ1v) is 10.6. The summed E-state index contributed by atoms with van der Waals surface area (Å²) in [5, 5.41) is 3.61. The summed E-state index contributed by atoms with van der Waals surface area (Å²) in [7, 11) is 0. The van der Waals surface area contributed by atoms with Crippen molar-refractivity contribution in [3.8, 4) is 0 Å². The lowest BCUT2D eigenvalue weighted by Crippen LogP contribution is -2.40. The molecule has 138 valence electrons. The zero-order chi connectivity index (χ0) is 18.1. The van der Waals surface area contributed by atoms with E-state index in [2.05, 4.69) is 5.32 Å². The fourth-order valence-electron chi connectivity index (χ4n) is 3.13. The van der Waals surface area contributed by atoms with Crippen LogP contribution in [-0.2, 0) is 16.1 Å². The minimum Gasteiger partial charge on any atom is -0.352 e. The van der Waals surface area contributed by atoms with Gasteiger partial charge in [-0.25, -0.2) is 0 Å². The molecular formula is C19H27ClN2O2S. The van der Waals surface area contributed by atoms with E-state index in [9.17, 15) is 9.59 Å². The van der Waals surface area contributed by atoms with Crippen LogP contribution >= 0.6 is 23.4 Å². The van der Waals surface area contributed by atoms with Crippen molar-refractivity contribution in [1.29, 1.82) is 0 Å². The normalized spacial score (nSPS) is 17.4. The van der Waals surface area contributed by atoms with Crippen LogP contribution in [0.15, 0.2) is 24.3 Å². The van der Waals surface area contributed by atoms with Gasteiger partial charge in [-0.3, -0.25) is 9.59 Å². The number of benzene rings is 1. The van der Waals surface area contributed by atoms with Crippen LogP contribution in [0.1, 0.15) is 37.7 Å². The second-order valence-electron chi connectivity index (χ2n) is 6.50. The van der Waals surface area contributed by atoms with Gasteiger partial charge in [0.1, 0.15) is 0 Å². The largest absolute Gasteiger partial charge is 0.352 e. The van der Waals surface area contributed by atoms with Gasteiger partial charge >= 0.3 is 0 Å². The molecule has 4 nitrogen and oxygen atoms in total. The lowest BCUT2D eigenvalue weighted by atomic mass is 9.93. The van der Waals surface area contributed by atoms with E-state index in [1.165, 1.54) is 0 Å². The number of hydrogen-bond acceptors (Lipinski definition) is 3. The van der Waals surface area contributed by atoms with Crippen LogP contribution in [0.2, 0.25) is 5.02 Å². The van der Waals surface area contributed by atoms with Crippen LogP contribution in [0.5, 0.6) is 0 Å². The number of nitrogens with one attached hydrogen (secondary N) is 1. The van der Waals surface area contributed by atoms with Crippen molar-refractivity contribution < 1.29 is 9.59 Å². The van der Waals surface area contributed by atoms with E-state index >= 15 is 0 Å². The summed E-state index contributed by atoms with van der Waals surface area (Å²) < 4.78 is 0. The number of piperidine rings is 1. The summed E-state index contributed by atoms with van der Waals surface area (Å²) in [5.74, 6) is 1.61. The first kappa shape index (κ1) is 20.1. The first-order chi connectivity index (χ1) is 12.1. The van der Waals surface area contributed by atoms with Crippen LogP contribution < -0.4 is 5.32 Å². The summed E-state index contributed by atoms with van der Waals surface area (Å²) >= 11 is 7.80. The van der Waals surface area contributed by atoms with E-state index < -0.39 is 0 Å². The molecule has 1 saturated heterocycles. The number of thioether (sulfide) groups is 1. The van der Waals surface area contributed by atoms with Gasteiger partial charge in [0.2, 0.25) is 11.8 Å². The molecule has 1 fully saturated rings. The predicted molar refractivity (Wildman–Crippen MR) is 105 cm³/mol. The van der Waals surface area contributed by atoms with E-state index in [0.717, 1.165) is 43.7 Å². The van der Waals surface area contributed by atoms with Gasteiger partial charge in [0.15, 0.2) is 0 Å². The Morgan fingerprint density at radius 2 is 2.12 bits per heavy atom. The number of amides is 2. The Morgan fingerprint density at radius 1 is 1.32 bits per heavy atom. The highest BCUT2D eigenvalue weighted by Crippen LogP contribution is 2.22. The third-order valence-corrected chi connectivity index (χ3v) is 5.59. The number of carbonyl (C=O) groups excluding carboxylic acids is 2. The fourth-order valence-corrected chi connectivity index (χ4v) is 3.72. The molecule has 2 rings (SSSR count). The van der Waals surface area contributed by atoms with E-state index in [4.69, 9.17) is 11.6 Å². The summed E-state index contributed by atoms with van der Waals surface area (Å²) in [6, 6.07) is 7.54. The highest BCUT2D eigenvalue weighted by molar-refractivity contribution is 7.98. The summed E-state index contributed by atoms with van der Waals surface area (Å²) in [6.07, 6.45) is 6.11. The quantitative estimate of drug-likeness (QED) is 0.745. The summed E-state index contributed by atoms with van der Waals surface area (Å²) in [5.41, 5.74) is 0.931. The van der Waals surface area contributed by atoms with Crippen molar-refractivity contribution in [2.24, 2.45) is 5.92 Å². The summed E-state index contributed by atoms with van der Waals surface area (Å²) in [4.78, 5) is 26.2. The molecule has 1 aliphatic rings. The van der Waals surface area contributed by atoms with E-state index in [-0.39, 0.29) is 11.8 Å². The molecule has 1 atom stereocenters. The third-order valence-electron chi connectivity index (χ3n) is 4.61. The number of carbonyl (C=O) groups is 2. The summed E-state index contributed by atoms with van der Waals surface area (Å²) in [6.45, 7) is 2.12. The van der Waals surface area contributed by atoms with Gasteiger partial charge in [0, 0.05) is 43.3 Å². The van der Waals surface area contributed by atoms with E-state index in [0.29, 0.717) is 30.3 Å². The number of rotatable bonds is 8. The zero-order valence-corrected chi connectivity index (χ0v) is 16.4. The molecule has 6 heteroatoms. The molecule has 1 aliphatic heterocycles. The number of hydrogen-bond donors (Lipinski definition) is 1. The monoisotopic (exact) mass is 382 g/mol. The second kappa shape index (κ2) is 10.7. The smallest absolute Gasteiger partial charge is 0.223 e. The number of halogens is 1. The Bertz CT molecular complexity index is 582. The van der Waals surface area contributed by atoms with Crippen molar-refractivity contribution in [3.63, 3.8) is 0 Å². The van der Waals surface area contributed by atoms with Crippen LogP contribution in [0.3, 0.4) is 0 Å². The molecule has 2 amide bonds. The highest BCUT2D eigenvalue weighted by atomic mass is 35.5. The fraction of sp³-hybridized carbons (Fsp3) is 0.579. The predicted octanol–water partition coefficient (Wildman–Crippen LogP) is 3.73. The van der Waals surface area contributed by atoms with Crippen molar-refractivity contribution in [2.75, 3.05) is 25.1 Å². The minimum absolute atomic E-state index is 0.0470. The van der Waals surface area contributed by atoms with Gasteiger partial charge < -0.3 is 10.2 Å². The molecule has 1 heterocycles. The molecule has 1 aromatic rings. The molecule has 25 heavy (non-hydrogen) atoms. The molecule has 0 saturated carbocycles. The van der Waals surface area contributed by atoms with E-state index in [1.54, 1.807) is 11.8 Å². The molecule has 0 spiro atoms. The maximum absolute atomic E-state index is 12.2. The van der Waals surface area contributed by atoms with Crippen LogP contribution in [0, 0.1) is 5.92 Å². The molecule has 0 aliphatic carbocycles. The maximum Gasteiger partial charge on any atom is 0.223 e. The lowest BCUT2D eigenvalue weighted by Gasteiger charge is -2.32. The van der Waals surface area contributed by atoms with Gasteiger partial charge in [0.25, 0.3) is 0 Å². The Morgan fingerprint density at radius 3 is 2.88 bits per heavy atom. The SMILES string of the molecule is CSCCC(=O)N1CCCC(CCC(=O)NCc2ccccc2Cl)C1. The Balaban J connectivity index is 1.70. The highest BCUT2D eigenvalue weighted by Gasteiger charge is 2.23. The molecule has 1 aromatic carbocycles. The average molecular weight is 383 g/mol. The Labute approximate surface area is 159 Å². The zero-order valence-electron chi connectivity index (χ0n) is 14.8. The van der Waals surface area contributed by atoms with Crippen molar-refractivity contribution in [1.82, 2.24) is 10.2 Å². The number of likely N-dealkylation sites (tertiary alicyclic amines) is 1. The van der Waals surface area contributed by atoms with Crippen LogP contribution in [-0.4, -0.2) is 41.8 Å². The lowest BCUT2D eigenvalue weighted by molar-refractivity contribution is -0.132. The topological polar surface area (TPSA) is 49.4 Å². The van der Waals surface area contributed by atoms with Gasteiger partial charge in [0.05, 0.1) is 0 Å². The Kier molecular flexibility index (Phi) is 8.62. The molecular weight excluding hydrogens is 356 g/mol. The van der Waals surface area contributed by atoms with Gasteiger partial charge in [-0.15, -0.1) is 0 Å². The van der Waals surface area contributed by atoms with Crippen LogP contribution in [0.4, 0.5) is 0 Å². The first-order valence-electron chi connectivity index (χ1n) is 8.87.